The third-order valence-corrected chi connectivity index (χ3v) is 3.17. The fraction of sp³-hybridized carbons (Fsp3) is 0.188. The Hall–Kier alpha value is -3.03. The molecular formula is C16H14F2N2O4. The monoisotopic (exact) mass is 336 g/mol. The van der Waals surface area contributed by atoms with Crippen LogP contribution in [0.1, 0.15) is 12.5 Å². The number of halogens is 2. The number of anilines is 1. The van der Waals surface area contributed by atoms with Crippen molar-refractivity contribution >= 4 is 17.3 Å². The van der Waals surface area contributed by atoms with Gasteiger partial charge in [0, 0.05) is 12.1 Å². The second-order valence-electron chi connectivity index (χ2n) is 5.10. The van der Waals surface area contributed by atoms with Gasteiger partial charge in [0.05, 0.1) is 10.6 Å². The molecule has 0 aliphatic rings. The van der Waals surface area contributed by atoms with Crippen LogP contribution in [0, 0.1) is 28.7 Å². The fourth-order valence-electron chi connectivity index (χ4n) is 1.94. The zero-order valence-corrected chi connectivity index (χ0v) is 12.9. The fourth-order valence-corrected chi connectivity index (χ4v) is 1.94. The zero-order valence-electron chi connectivity index (χ0n) is 12.9. The minimum Gasteiger partial charge on any atom is -0.474 e. The summed E-state index contributed by atoms with van der Waals surface area (Å²) in [5.41, 5.74) is 0.0356. The molecule has 2 rings (SSSR count). The lowest BCUT2D eigenvalue weighted by Gasteiger charge is -2.15. The predicted octanol–water partition coefficient (Wildman–Crippen LogP) is 3.59. The highest BCUT2D eigenvalue weighted by molar-refractivity contribution is 5.94. The third-order valence-electron chi connectivity index (χ3n) is 3.17. The molecule has 2 aromatic carbocycles. The van der Waals surface area contributed by atoms with E-state index < -0.39 is 28.6 Å². The number of aryl methyl sites for hydroxylation is 1. The number of benzene rings is 2. The van der Waals surface area contributed by atoms with Gasteiger partial charge in [0.25, 0.3) is 5.91 Å². The quantitative estimate of drug-likeness (QED) is 0.668. The molecule has 8 heteroatoms. The van der Waals surface area contributed by atoms with E-state index >= 15 is 0 Å². The Labute approximate surface area is 136 Å². The molecule has 0 saturated heterocycles. The predicted molar refractivity (Wildman–Crippen MR) is 82.9 cm³/mol. The minimum atomic E-state index is -1.16. The number of carbonyl (C=O) groups excluding carboxylic acids is 1. The second-order valence-corrected chi connectivity index (χ2v) is 5.10. The molecule has 6 nitrogen and oxygen atoms in total. The molecular weight excluding hydrogens is 322 g/mol. The summed E-state index contributed by atoms with van der Waals surface area (Å²) in [7, 11) is 0. The minimum absolute atomic E-state index is 0.0898. The number of rotatable bonds is 5. The van der Waals surface area contributed by atoms with E-state index in [9.17, 15) is 23.7 Å². The molecule has 1 N–H and O–H groups in total. The van der Waals surface area contributed by atoms with Gasteiger partial charge in [-0.2, -0.15) is 0 Å². The maximum Gasteiger partial charge on any atom is 0.311 e. The normalized spacial score (nSPS) is 11.7. The summed E-state index contributed by atoms with van der Waals surface area (Å²) in [6, 6.07) is 6.90. The molecule has 1 amide bonds. The molecule has 24 heavy (non-hydrogen) atoms. The first kappa shape index (κ1) is 17.3. The van der Waals surface area contributed by atoms with Gasteiger partial charge in [-0.25, -0.2) is 8.78 Å². The molecule has 0 aromatic heterocycles. The van der Waals surface area contributed by atoms with Crippen molar-refractivity contribution in [1.29, 1.82) is 0 Å². The van der Waals surface area contributed by atoms with Gasteiger partial charge in [-0.05, 0) is 37.6 Å². The first-order valence-corrected chi connectivity index (χ1v) is 6.95. The number of amides is 1. The van der Waals surface area contributed by atoms with Crippen molar-refractivity contribution in [2.24, 2.45) is 0 Å². The van der Waals surface area contributed by atoms with Crippen LogP contribution in [0.4, 0.5) is 20.2 Å². The SMILES string of the molecule is Cc1ccc(O[C@@H](C)C(=O)Nc2cc(F)ccc2F)c([N+](=O)[O-])c1. The molecule has 126 valence electrons. The summed E-state index contributed by atoms with van der Waals surface area (Å²) in [6.07, 6.45) is -1.16. The Morgan fingerprint density at radius 3 is 2.62 bits per heavy atom. The number of hydrogen-bond donors (Lipinski definition) is 1. The van der Waals surface area contributed by atoms with Crippen LogP contribution in [0.3, 0.4) is 0 Å². The largest absolute Gasteiger partial charge is 0.474 e. The van der Waals surface area contributed by atoms with Crippen molar-refractivity contribution in [3.63, 3.8) is 0 Å². The molecule has 2 aromatic rings. The summed E-state index contributed by atoms with van der Waals surface area (Å²) in [6.45, 7) is 3.02. The van der Waals surface area contributed by atoms with Crippen molar-refractivity contribution in [1.82, 2.24) is 0 Å². The summed E-state index contributed by atoms with van der Waals surface area (Å²) in [4.78, 5) is 22.4. The van der Waals surface area contributed by atoms with Crippen LogP contribution in [-0.4, -0.2) is 16.9 Å². The third kappa shape index (κ3) is 4.03. The van der Waals surface area contributed by atoms with Crippen molar-refractivity contribution in [2.45, 2.75) is 20.0 Å². The molecule has 1 atom stereocenters. The van der Waals surface area contributed by atoms with Crippen LogP contribution in [0.2, 0.25) is 0 Å². The number of carbonyl (C=O) groups is 1. The van der Waals surface area contributed by atoms with Crippen LogP contribution in [-0.2, 0) is 4.79 Å². The van der Waals surface area contributed by atoms with E-state index in [4.69, 9.17) is 4.74 Å². The van der Waals surface area contributed by atoms with Gasteiger partial charge in [0.1, 0.15) is 11.6 Å². The zero-order chi connectivity index (χ0) is 17.9. The number of ether oxygens (including phenoxy) is 1. The Balaban J connectivity index is 2.15. The van der Waals surface area contributed by atoms with Gasteiger partial charge >= 0.3 is 5.69 Å². The highest BCUT2D eigenvalue weighted by Gasteiger charge is 2.22. The summed E-state index contributed by atoms with van der Waals surface area (Å²) in [5.74, 6) is -2.38. The lowest BCUT2D eigenvalue weighted by atomic mass is 10.2. The first-order valence-electron chi connectivity index (χ1n) is 6.95. The molecule has 0 bridgehead atoms. The van der Waals surface area contributed by atoms with Crippen molar-refractivity contribution < 1.29 is 23.2 Å². The van der Waals surface area contributed by atoms with E-state index in [0.717, 1.165) is 18.2 Å². The van der Waals surface area contributed by atoms with Crippen LogP contribution in [0.15, 0.2) is 36.4 Å². The Morgan fingerprint density at radius 2 is 1.96 bits per heavy atom. The Kier molecular flexibility index (Phi) is 5.08. The maximum atomic E-state index is 13.5. The second kappa shape index (κ2) is 7.03. The molecule has 0 spiro atoms. The van der Waals surface area contributed by atoms with E-state index in [1.807, 2.05) is 0 Å². The number of nitrogens with zero attached hydrogens (tertiary/aromatic N) is 1. The lowest BCUT2D eigenvalue weighted by molar-refractivity contribution is -0.386. The number of nitro benzene ring substituents is 1. The number of nitrogens with one attached hydrogen (secondary N) is 1. The van der Waals surface area contributed by atoms with E-state index in [-0.39, 0.29) is 17.1 Å². The highest BCUT2D eigenvalue weighted by atomic mass is 19.1. The molecule has 0 fully saturated rings. The van der Waals surface area contributed by atoms with Crippen LogP contribution < -0.4 is 10.1 Å². The number of nitro groups is 1. The Morgan fingerprint density at radius 1 is 1.25 bits per heavy atom. The average Bonchev–Trinajstić information content (AvgIpc) is 2.52. The van der Waals surface area contributed by atoms with Gasteiger partial charge in [-0.3, -0.25) is 14.9 Å². The maximum absolute atomic E-state index is 13.5. The lowest BCUT2D eigenvalue weighted by Crippen LogP contribution is -2.30. The molecule has 0 aliphatic carbocycles. The van der Waals surface area contributed by atoms with E-state index in [2.05, 4.69) is 5.32 Å². The molecule has 0 saturated carbocycles. The van der Waals surface area contributed by atoms with Crippen molar-refractivity contribution in [2.75, 3.05) is 5.32 Å². The summed E-state index contributed by atoms with van der Waals surface area (Å²) in [5, 5.41) is 13.2. The van der Waals surface area contributed by atoms with Crippen molar-refractivity contribution in [3.8, 4) is 5.75 Å². The Bertz CT molecular complexity index is 796. The molecule has 0 heterocycles. The van der Waals surface area contributed by atoms with Gasteiger partial charge < -0.3 is 10.1 Å². The van der Waals surface area contributed by atoms with Crippen LogP contribution in [0.5, 0.6) is 5.75 Å². The highest BCUT2D eigenvalue weighted by Crippen LogP contribution is 2.28. The summed E-state index contributed by atoms with van der Waals surface area (Å²) >= 11 is 0. The van der Waals surface area contributed by atoms with Gasteiger partial charge in [-0.15, -0.1) is 0 Å². The van der Waals surface area contributed by atoms with E-state index in [1.165, 1.54) is 19.1 Å². The smallest absolute Gasteiger partial charge is 0.311 e. The number of hydrogen-bond acceptors (Lipinski definition) is 4. The van der Waals surface area contributed by atoms with Crippen molar-refractivity contribution in [3.05, 3.63) is 63.7 Å². The molecule has 0 unspecified atom stereocenters. The molecule has 0 aliphatic heterocycles. The van der Waals surface area contributed by atoms with E-state index in [0.29, 0.717) is 5.56 Å². The van der Waals surface area contributed by atoms with Gasteiger partial charge in [-0.1, -0.05) is 6.07 Å². The average molecular weight is 336 g/mol. The van der Waals surface area contributed by atoms with Gasteiger partial charge in [0.15, 0.2) is 11.9 Å². The topological polar surface area (TPSA) is 81.5 Å². The summed E-state index contributed by atoms with van der Waals surface area (Å²) < 4.78 is 31.9. The van der Waals surface area contributed by atoms with Gasteiger partial charge in [0.2, 0.25) is 0 Å². The van der Waals surface area contributed by atoms with Crippen LogP contribution in [0.25, 0.3) is 0 Å². The van der Waals surface area contributed by atoms with E-state index in [1.54, 1.807) is 13.0 Å². The van der Waals surface area contributed by atoms with Crippen LogP contribution >= 0.6 is 0 Å². The first-order chi connectivity index (χ1) is 11.3. The molecule has 0 radical (unpaired) electrons. The standard InChI is InChI=1S/C16H14F2N2O4/c1-9-3-6-15(14(7-9)20(22)23)24-10(2)16(21)19-13-8-11(17)4-5-12(13)18/h3-8,10H,1-2H3,(H,19,21)/t10-/m0/s1.